The Hall–Kier alpha value is -1.13. The van der Waals surface area contributed by atoms with Gasteiger partial charge < -0.3 is 15.3 Å². The molecule has 2 unspecified atom stereocenters. The van der Waals surface area contributed by atoms with Crippen molar-refractivity contribution in [2.75, 3.05) is 25.0 Å². The number of aliphatic hydroxyl groups is 1. The molecule has 2 heterocycles. The number of hydrogen-bond donors (Lipinski definition) is 2. The third-order valence-corrected chi connectivity index (χ3v) is 3.70. The van der Waals surface area contributed by atoms with E-state index in [1.807, 2.05) is 20.2 Å². The molecule has 0 aromatic carbocycles. The van der Waals surface area contributed by atoms with Gasteiger partial charge in [-0.15, -0.1) is 0 Å². The van der Waals surface area contributed by atoms with E-state index in [1.165, 1.54) is 0 Å². The Morgan fingerprint density at radius 1 is 1.56 bits per heavy atom. The number of β-amino-alcohol motifs (C(OH)–C–C–N with tert-alkyl or cyclic N) is 1. The van der Waals surface area contributed by atoms with E-state index in [4.69, 9.17) is 0 Å². The van der Waals surface area contributed by atoms with Gasteiger partial charge in [0.2, 0.25) is 0 Å². The molecule has 1 aliphatic heterocycles. The van der Waals surface area contributed by atoms with Gasteiger partial charge in [-0.25, -0.2) is 0 Å². The second-order valence-corrected chi connectivity index (χ2v) is 5.36. The van der Waals surface area contributed by atoms with Crippen molar-refractivity contribution < 1.29 is 5.11 Å². The Balaban J connectivity index is 2.08. The van der Waals surface area contributed by atoms with Crippen molar-refractivity contribution in [2.45, 2.75) is 38.3 Å². The van der Waals surface area contributed by atoms with Crippen LogP contribution >= 0.6 is 0 Å². The molecule has 1 fully saturated rings. The molecule has 1 saturated heterocycles. The average molecular weight is 249 g/mol. The fourth-order valence-electron chi connectivity index (χ4n) is 2.52. The summed E-state index contributed by atoms with van der Waals surface area (Å²) in [6, 6.07) is 4.50. The van der Waals surface area contributed by atoms with Crippen molar-refractivity contribution in [3.8, 4) is 0 Å². The lowest BCUT2D eigenvalue weighted by Crippen LogP contribution is -2.29. The van der Waals surface area contributed by atoms with Crippen molar-refractivity contribution in [3.63, 3.8) is 0 Å². The van der Waals surface area contributed by atoms with Crippen LogP contribution in [0.2, 0.25) is 0 Å². The van der Waals surface area contributed by atoms with Crippen molar-refractivity contribution >= 4 is 5.69 Å². The van der Waals surface area contributed by atoms with Crippen LogP contribution in [0.5, 0.6) is 0 Å². The molecule has 0 bridgehead atoms. The number of rotatable bonds is 4. The topological polar surface area (TPSA) is 48.4 Å². The first-order valence-corrected chi connectivity index (χ1v) is 6.66. The molecule has 2 N–H and O–H groups in total. The van der Waals surface area contributed by atoms with Crippen molar-refractivity contribution in [1.29, 1.82) is 0 Å². The summed E-state index contributed by atoms with van der Waals surface area (Å²) >= 11 is 0. The van der Waals surface area contributed by atoms with Crippen LogP contribution in [0.25, 0.3) is 0 Å². The maximum Gasteiger partial charge on any atom is 0.0810 e. The van der Waals surface area contributed by atoms with Crippen molar-refractivity contribution in [3.05, 3.63) is 24.0 Å². The number of aromatic nitrogens is 1. The van der Waals surface area contributed by atoms with Gasteiger partial charge in [-0.3, -0.25) is 4.98 Å². The van der Waals surface area contributed by atoms with Crippen LogP contribution < -0.4 is 10.2 Å². The molecule has 0 spiro atoms. The fraction of sp³-hybridized carbons (Fsp3) is 0.643. The summed E-state index contributed by atoms with van der Waals surface area (Å²) in [7, 11) is 1.96. The maximum atomic E-state index is 9.97. The van der Waals surface area contributed by atoms with E-state index in [0.29, 0.717) is 12.6 Å². The molecular formula is C14H23N3O. The predicted octanol–water partition coefficient (Wildman–Crippen LogP) is 1.71. The fourth-order valence-corrected chi connectivity index (χ4v) is 2.52. The van der Waals surface area contributed by atoms with Crippen LogP contribution in [0.3, 0.4) is 0 Å². The van der Waals surface area contributed by atoms with Crippen molar-refractivity contribution in [2.24, 2.45) is 0 Å². The zero-order valence-corrected chi connectivity index (χ0v) is 11.5. The van der Waals surface area contributed by atoms with Gasteiger partial charge in [-0.05, 0) is 38.9 Å². The van der Waals surface area contributed by atoms with Gasteiger partial charge in [0.1, 0.15) is 0 Å². The van der Waals surface area contributed by atoms with Crippen LogP contribution in [0.15, 0.2) is 18.3 Å². The van der Waals surface area contributed by atoms with Gasteiger partial charge in [0.25, 0.3) is 0 Å². The van der Waals surface area contributed by atoms with Gasteiger partial charge in [-0.1, -0.05) is 6.92 Å². The van der Waals surface area contributed by atoms with Crippen LogP contribution in [-0.4, -0.2) is 35.8 Å². The maximum absolute atomic E-state index is 9.97. The SMILES string of the molecule is CCC(NC)c1ccc(N2CCC(C)(O)C2)cn1. The van der Waals surface area contributed by atoms with Gasteiger partial charge >= 0.3 is 0 Å². The van der Waals surface area contributed by atoms with E-state index in [9.17, 15) is 5.11 Å². The largest absolute Gasteiger partial charge is 0.388 e. The molecule has 100 valence electrons. The number of pyridine rings is 1. The first-order chi connectivity index (χ1) is 8.55. The smallest absolute Gasteiger partial charge is 0.0810 e. The third-order valence-electron chi connectivity index (χ3n) is 3.70. The van der Waals surface area contributed by atoms with E-state index >= 15 is 0 Å². The zero-order chi connectivity index (χ0) is 13.2. The molecule has 2 atom stereocenters. The molecule has 1 aliphatic rings. The first kappa shape index (κ1) is 13.3. The Morgan fingerprint density at radius 2 is 2.33 bits per heavy atom. The lowest BCUT2D eigenvalue weighted by Gasteiger charge is -2.21. The van der Waals surface area contributed by atoms with Crippen LogP contribution in [0.4, 0.5) is 5.69 Å². The molecule has 4 heteroatoms. The molecule has 0 saturated carbocycles. The molecule has 2 rings (SSSR count). The Labute approximate surface area is 109 Å². The Morgan fingerprint density at radius 3 is 2.78 bits per heavy atom. The predicted molar refractivity (Wildman–Crippen MR) is 73.8 cm³/mol. The lowest BCUT2D eigenvalue weighted by molar-refractivity contribution is 0.0839. The van der Waals surface area contributed by atoms with E-state index in [-0.39, 0.29) is 0 Å². The summed E-state index contributed by atoms with van der Waals surface area (Å²) in [5, 5.41) is 13.2. The zero-order valence-electron chi connectivity index (χ0n) is 11.5. The molecule has 4 nitrogen and oxygen atoms in total. The van der Waals surface area contributed by atoms with Crippen LogP contribution in [-0.2, 0) is 0 Å². The second kappa shape index (κ2) is 5.24. The Bertz CT molecular complexity index is 385. The molecule has 1 aromatic heterocycles. The summed E-state index contributed by atoms with van der Waals surface area (Å²) in [5.41, 5.74) is 1.62. The molecule has 0 amide bonds. The minimum atomic E-state index is -0.560. The van der Waals surface area contributed by atoms with E-state index in [1.54, 1.807) is 0 Å². The number of nitrogens with zero attached hydrogens (tertiary/aromatic N) is 2. The minimum absolute atomic E-state index is 0.320. The van der Waals surface area contributed by atoms with Gasteiger partial charge in [0, 0.05) is 19.1 Å². The number of hydrogen-bond acceptors (Lipinski definition) is 4. The summed E-state index contributed by atoms with van der Waals surface area (Å²) in [4.78, 5) is 6.72. The van der Waals surface area contributed by atoms with E-state index in [0.717, 1.165) is 30.8 Å². The minimum Gasteiger partial charge on any atom is -0.388 e. The van der Waals surface area contributed by atoms with Gasteiger partial charge in [0.15, 0.2) is 0 Å². The number of nitrogens with one attached hydrogen (secondary N) is 1. The van der Waals surface area contributed by atoms with Gasteiger partial charge in [0.05, 0.1) is 23.2 Å². The normalized spacial score (nSPS) is 25.4. The highest BCUT2D eigenvalue weighted by molar-refractivity contribution is 5.46. The Kier molecular flexibility index (Phi) is 3.88. The molecule has 0 aliphatic carbocycles. The van der Waals surface area contributed by atoms with E-state index in [2.05, 4.69) is 34.3 Å². The summed E-state index contributed by atoms with van der Waals surface area (Å²) in [5.74, 6) is 0. The summed E-state index contributed by atoms with van der Waals surface area (Å²) in [6.07, 6.45) is 3.76. The molecule has 1 aromatic rings. The highest BCUT2D eigenvalue weighted by Gasteiger charge is 2.31. The summed E-state index contributed by atoms with van der Waals surface area (Å²) in [6.45, 7) is 5.63. The monoisotopic (exact) mass is 249 g/mol. The highest BCUT2D eigenvalue weighted by Crippen LogP contribution is 2.26. The average Bonchev–Trinajstić information content (AvgIpc) is 2.72. The molecule has 18 heavy (non-hydrogen) atoms. The summed E-state index contributed by atoms with van der Waals surface area (Å²) < 4.78 is 0. The van der Waals surface area contributed by atoms with E-state index < -0.39 is 5.60 Å². The third kappa shape index (κ3) is 2.82. The molecule has 0 radical (unpaired) electrons. The van der Waals surface area contributed by atoms with Crippen LogP contribution in [0, 0.1) is 0 Å². The van der Waals surface area contributed by atoms with Crippen molar-refractivity contribution in [1.82, 2.24) is 10.3 Å². The molecular weight excluding hydrogens is 226 g/mol. The lowest BCUT2D eigenvalue weighted by atomic mass is 10.1. The number of anilines is 1. The van der Waals surface area contributed by atoms with Crippen LogP contribution in [0.1, 0.15) is 38.4 Å². The first-order valence-electron chi connectivity index (χ1n) is 6.66. The van der Waals surface area contributed by atoms with Gasteiger partial charge in [-0.2, -0.15) is 0 Å². The highest BCUT2D eigenvalue weighted by atomic mass is 16.3. The quantitative estimate of drug-likeness (QED) is 0.853. The second-order valence-electron chi connectivity index (χ2n) is 5.36. The standard InChI is InChI=1S/C14H23N3O/c1-4-12(15-3)13-6-5-11(9-16-13)17-8-7-14(2,18)10-17/h5-6,9,12,15,18H,4,7-8,10H2,1-3H3.